The molecule has 0 saturated carbocycles. The summed E-state index contributed by atoms with van der Waals surface area (Å²) in [7, 11) is -3.65. The van der Waals surface area contributed by atoms with E-state index in [0.717, 1.165) is 52.6 Å². The van der Waals surface area contributed by atoms with Crippen LogP contribution in [0.3, 0.4) is 0 Å². The van der Waals surface area contributed by atoms with Crippen molar-refractivity contribution >= 4 is 32.0 Å². The van der Waals surface area contributed by atoms with Crippen LogP contribution < -0.4 is 10.5 Å². The zero-order valence-corrected chi connectivity index (χ0v) is 19.4. The Labute approximate surface area is 192 Å². The van der Waals surface area contributed by atoms with Crippen molar-refractivity contribution in [1.82, 2.24) is 19.3 Å². The standard InChI is InChI=1S/C24H28FN5O2S/c1-17(12-13-26)22-23-24(20-6-2-3-7-21(20)29-22)30(16-27-23)15-5-4-14-28-33(31,32)19-10-8-18(25)9-11-19/h2-3,6-11,16-17,28H,4-5,12-15,26H2,1H3. The third-order valence-electron chi connectivity index (χ3n) is 5.79. The number of hydrogen-bond donors (Lipinski definition) is 2. The van der Waals surface area contributed by atoms with Crippen molar-refractivity contribution in [3.05, 3.63) is 66.4 Å². The molecule has 33 heavy (non-hydrogen) atoms. The molecule has 0 saturated heterocycles. The molecule has 0 aliphatic rings. The Balaban J connectivity index is 1.47. The monoisotopic (exact) mass is 469 g/mol. The summed E-state index contributed by atoms with van der Waals surface area (Å²) in [6.07, 6.45) is 4.09. The van der Waals surface area contributed by atoms with Gasteiger partial charge in [0, 0.05) is 24.4 Å². The van der Waals surface area contributed by atoms with Crippen LogP contribution in [0.15, 0.2) is 59.8 Å². The zero-order valence-electron chi connectivity index (χ0n) is 18.5. The number of sulfonamides is 1. The smallest absolute Gasteiger partial charge is 0.240 e. The number of para-hydroxylation sites is 1. The number of imidazole rings is 1. The number of hydrogen-bond acceptors (Lipinski definition) is 5. The average molecular weight is 470 g/mol. The summed E-state index contributed by atoms with van der Waals surface area (Å²) < 4.78 is 42.4. The van der Waals surface area contributed by atoms with E-state index in [9.17, 15) is 12.8 Å². The molecule has 2 aromatic carbocycles. The van der Waals surface area contributed by atoms with E-state index in [1.54, 1.807) is 0 Å². The van der Waals surface area contributed by atoms with Crippen molar-refractivity contribution in [1.29, 1.82) is 0 Å². The second-order valence-electron chi connectivity index (χ2n) is 8.19. The van der Waals surface area contributed by atoms with Crippen LogP contribution in [0.1, 0.15) is 37.8 Å². The number of nitrogens with one attached hydrogen (secondary N) is 1. The van der Waals surface area contributed by atoms with Crippen molar-refractivity contribution in [2.24, 2.45) is 5.73 Å². The number of aryl methyl sites for hydroxylation is 1. The van der Waals surface area contributed by atoms with Crippen LogP contribution in [-0.2, 0) is 16.6 Å². The van der Waals surface area contributed by atoms with Crippen molar-refractivity contribution in [2.75, 3.05) is 13.1 Å². The molecule has 2 heterocycles. The van der Waals surface area contributed by atoms with Crippen molar-refractivity contribution in [3.63, 3.8) is 0 Å². The predicted octanol–water partition coefficient (Wildman–Crippen LogP) is 3.93. The lowest BCUT2D eigenvalue weighted by atomic mass is 10.0. The molecule has 1 unspecified atom stereocenters. The van der Waals surface area contributed by atoms with Crippen LogP contribution in [0.25, 0.3) is 21.9 Å². The summed E-state index contributed by atoms with van der Waals surface area (Å²) in [5.74, 6) is -0.267. The molecule has 1 atom stereocenters. The fourth-order valence-corrected chi connectivity index (χ4v) is 5.09. The third kappa shape index (κ3) is 5.05. The first kappa shape index (κ1) is 23.3. The molecule has 0 aliphatic carbocycles. The quantitative estimate of drug-likeness (QED) is 0.343. The Morgan fingerprint density at radius 2 is 1.88 bits per heavy atom. The van der Waals surface area contributed by atoms with Gasteiger partial charge < -0.3 is 10.3 Å². The Kier molecular flexibility index (Phi) is 7.02. The van der Waals surface area contributed by atoms with Gasteiger partial charge in [-0.05, 0) is 56.1 Å². The maximum atomic E-state index is 13.0. The van der Waals surface area contributed by atoms with Crippen molar-refractivity contribution < 1.29 is 12.8 Å². The van der Waals surface area contributed by atoms with Crippen LogP contribution in [0, 0.1) is 5.82 Å². The normalized spacial score (nSPS) is 13.1. The highest BCUT2D eigenvalue weighted by Crippen LogP contribution is 2.30. The van der Waals surface area contributed by atoms with E-state index in [2.05, 4.69) is 27.3 Å². The van der Waals surface area contributed by atoms with E-state index in [1.165, 1.54) is 12.1 Å². The molecule has 0 amide bonds. The van der Waals surface area contributed by atoms with Crippen LogP contribution in [0.4, 0.5) is 4.39 Å². The number of benzene rings is 2. The first-order valence-electron chi connectivity index (χ1n) is 11.1. The maximum absolute atomic E-state index is 13.0. The second kappa shape index (κ2) is 9.94. The lowest BCUT2D eigenvalue weighted by molar-refractivity contribution is 0.568. The van der Waals surface area contributed by atoms with Gasteiger partial charge in [-0.25, -0.2) is 22.5 Å². The number of pyridine rings is 1. The summed E-state index contributed by atoms with van der Waals surface area (Å²) in [5, 5.41) is 1.05. The highest BCUT2D eigenvalue weighted by molar-refractivity contribution is 7.89. The largest absolute Gasteiger partial charge is 0.330 e. The average Bonchev–Trinajstić information content (AvgIpc) is 3.23. The van der Waals surface area contributed by atoms with Gasteiger partial charge in [0.05, 0.1) is 28.0 Å². The Hall–Kier alpha value is -2.88. The molecule has 7 nitrogen and oxygen atoms in total. The molecule has 0 fully saturated rings. The highest BCUT2D eigenvalue weighted by Gasteiger charge is 2.18. The third-order valence-corrected chi connectivity index (χ3v) is 7.27. The van der Waals surface area contributed by atoms with Crippen LogP contribution in [0.2, 0.25) is 0 Å². The summed E-state index contributed by atoms with van der Waals surface area (Å²) in [5.41, 5.74) is 9.61. The molecule has 0 aliphatic heterocycles. The number of unbranched alkanes of at least 4 members (excludes halogenated alkanes) is 1. The lowest BCUT2D eigenvalue weighted by Gasteiger charge is -2.13. The topological polar surface area (TPSA) is 103 Å². The molecule has 0 spiro atoms. The Bertz CT molecular complexity index is 1350. The predicted molar refractivity (Wildman–Crippen MR) is 128 cm³/mol. The van der Waals surface area contributed by atoms with Crippen LogP contribution >= 0.6 is 0 Å². The highest BCUT2D eigenvalue weighted by atomic mass is 32.2. The molecule has 4 aromatic rings. The van der Waals surface area contributed by atoms with E-state index in [4.69, 9.17) is 10.7 Å². The summed E-state index contributed by atoms with van der Waals surface area (Å²) in [6, 6.07) is 12.8. The molecular weight excluding hydrogens is 441 g/mol. The van der Waals surface area contributed by atoms with Crippen molar-refractivity contribution in [3.8, 4) is 0 Å². The molecule has 0 bridgehead atoms. The zero-order chi connectivity index (χ0) is 23.4. The van der Waals surface area contributed by atoms with Gasteiger partial charge in [0.2, 0.25) is 10.0 Å². The fraction of sp³-hybridized carbons (Fsp3) is 0.333. The number of halogens is 1. The number of rotatable bonds is 10. The molecule has 2 aromatic heterocycles. The van der Waals surface area contributed by atoms with Crippen LogP contribution in [0.5, 0.6) is 0 Å². The lowest BCUT2D eigenvalue weighted by Crippen LogP contribution is -2.25. The minimum atomic E-state index is -3.65. The van der Waals surface area contributed by atoms with Gasteiger partial charge in [-0.3, -0.25) is 4.98 Å². The van der Waals surface area contributed by atoms with Crippen molar-refractivity contribution in [2.45, 2.75) is 43.5 Å². The summed E-state index contributed by atoms with van der Waals surface area (Å²) in [6.45, 7) is 3.71. The molecule has 4 rings (SSSR count). The number of nitrogens with zero attached hydrogens (tertiary/aromatic N) is 3. The minimum absolute atomic E-state index is 0.0580. The molecule has 0 radical (unpaired) electrons. The van der Waals surface area contributed by atoms with Gasteiger partial charge in [0.15, 0.2) is 0 Å². The minimum Gasteiger partial charge on any atom is -0.330 e. The molecule has 174 valence electrons. The van der Waals surface area contributed by atoms with Gasteiger partial charge in [-0.1, -0.05) is 25.1 Å². The molecule has 3 N–H and O–H groups in total. The SMILES string of the molecule is CC(CCN)c1nc2ccccc2c2c1ncn2CCCCNS(=O)(=O)c1ccc(F)cc1. The van der Waals surface area contributed by atoms with Gasteiger partial charge in [0.1, 0.15) is 11.3 Å². The fourth-order valence-electron chi connectivity index (χ4n) is 4.02. The number of nitrogens with two attached hydrogens (primary N) is 1. The van der Waals surface area contributed by atoms with E-state index in [1.807, 2.05) is 24.5 Å². The second-order valence-corrected chi connectivity index (χ2v) is 9.95. The molecule has 9 heteroatoms. The van der Waals surface area contributed by atoms with E-state index >= 15 is 0 Å². The summed E-state index contributed by atoms with van der Waals surface area (Å²) in [4.78, 5) is 9.61. The Morgan fingerprint density at radius 1 is 1.12 bits per heavy atom. The van der Waals surface area contributed by atoms with Crippen LogP contribution in [-0.4, -0.2) is 36.0 Å². The van der Waals surface area contributed by atoms with Gasteiger partial charge in [-0.2, -0.15) is 0 Å². The number of aromatic nitrogens is 3. The van der Waals surface area contributed by atoms with Gasteiger partial charge >= 0.3 is 0 Å². The first-order valence-corrected chi connectivity index (χ1v) is 12.6. The van der Waals surface area contributed by atoms with E-state index in [-0.39, 0.29) is 10.8 Å². The number of fused-ring (bicyclic) bond motifs is 3. The summed E-state index contributed by atoms with van der Waals surface area (Å²) >= 11 is 0. The Morgan fingerprint density at radius 3 is 2.64 bits per heavy atom. The van der Waals surface area contributed by atoms with Gasteiger partial charge in [-0.15, -0.1) is 0 Å². The van der Waals surface area contributed by atoms with Gasteiger partial charge in [0.25, 0.3) is 0 Å². The maximum Gasteiger partial charge on any atom is 0.240 e. The molecular formula is C24H28FN5O2S. The van der Waals surface area contributed by atoms with E-state index < -0.39 is 15.8 Å². The van der Waals surface area contributed by atoms with E-state index in [0.29, 0.717) is 26.1 Å². The first-order chi connectivity index (χ1) is 15.9.